The number of rotatable bonds is 3. The number of hydrogen-bond acceptors (Lipinski definition) is 3. The highest BCUT2D eigenvalue weighted by Crippen LogP contribution is 2.18. The van der Waals surface area contributed by atoms with E-state index < -0.39 is 0 Å². The van der Waals surface area contributed by atoms with Crippen LogP contribution >= 0.6 is 0 Å². The Morgan fingerprint density at radius 1 is 1.05 bits per heavy atom. The van der Waals surface area contributed by atoms with E-state index in [1.165, 1.54) is 0 Å². The number of Topliss-reactive ketones (excluding diaryl/α,β-unsaturated/α-hetero) is 1. The van der Waals surface area contributed by atoms with Crippen molar-refractivity contribution in [3.05, 3.63) is 71.7 Å². The van der Waals surface area contributed by atoms with Crippen molar-refractivity contribution in [2.24, 2.45) is 0 Å². The fraction of sp³-hybridized carbons (Fsp3) is 0.118. The maximum atomic E-state index is 12.4. The third kappa shape index (κ3) is 2.43. The number of pyridine rings is 2. The number of benzene rings is 1. The number of aromatic nitrogens is 2. The molecule has 0 saturated heterocycles. The minimum absolute atomic E-state index is 0.104. The fourth-order valence-electron chi connectivity index (χ4n) is 2.30. The molecule has 0 aliphatic carbocycles. The van der Waals surface area contributed by atoms with Crippen molar-refractivity contribution in [2.75, 3.05) is 0 Å². The summed E-state index contributed by atoms with van der Waals surface area (Å²) in [6, 6.07) is 13.4. The van der Waals surface area contributed by atoms with Crippen molar-refractivity contribution in [3.63, 3.8) is 0 Å². The lowest BCUT2D eigenvalue weighted by Gasteiger charge is -2.06. The van der Waals surface area contributed by atoms with Crippen LogP contribution in [0.4, 0.5) is 0 Å². The van der Waals surface area contributed by atoms with Gasteiger partial charge in [0.05, 0.1) is 5.52 Å². The predicted molar refractivity (Wildman–Crippen MR) is 78.8 cm³/mol. The quantitative estimate of drug-likeness (QED) is 0.680. The molecule has 0 saturated carbocycles. The van der Waals surface area contributed by atoms with Crippen molar-refractivity contribution in [2.45, 2.75) is 13.3 Å². The largest absolute Gasteiger partial charge is 0.294 e. The lowest BCUT2D eigenvalue weighted by molar-refractivity contribution is 0.0993. The van der Waals surface area contributed by atoms with Gasteiger partial charge >= 0.3 is 0 Å². The fourth-order valence-corrected chi connectivity index (χ4v) is 2.30. The first-order valence-corrected chi connectivity index (χ1v) is 6.52. The molecule has 2 aromatic heterocycles. The molecule has 0 bridgehead atoms. The number of ketones is 1. The van der Waals surface area contributed by atoms with Crippen LogP contribution < -0.4 is 0 Å². The van der Waals surface area contributed by atoms with Gasteiger partial charge in [-0.1, -0.05) is 18.2 Å². The lowest BCUT2D eigenvalue weighted by atomic mass is 10.0. The van der Waals surface area contributed by atoms with E-state index >= 15 is 0 Å². The Labute approximate surface area is 117 Å². The van der Waals surface area contributed by atoms with E-state index in [2.05, 4.69) is 9.97 Å². The molecule has 0 N–H and O–H groups in total. The normalized spacial score (nSPS) is 10.7. The van der Waals surface area contributed by atoms with Crippen molar-refractivity contribution < 1.29 is 4.79 Å². The zero-order valence-corrected chi connectivity index (χ0v) is 11.2. The molecule has 20 heavy (non-hydrogen) atoms. The molecule has 0 fully saturated rings. The molecular weight excluding hydrogens is 248 g/mol. The van der Waals surface area contributed by atoms with Crippen LogP contribution in [0, 0.1) is 6.92 Å². The number of fused-ring (bicyclic) bond motifs is 1. The van der Waals surface area contributed by atoms with Crippen LogP contribution in [-0.2, 0) is 6.42 Å². The minimum Gasteiger partial charge on any atom is -0.294 e. The average Bonchev–Trinajstić information content (AvgIpc) is 2.47. The molecule has 1 aromatic carbocycles. The molecule has 0 spiro atoms. The van der Waals surface area contributed by atoms with E-state index in [9.17, 15) is 4.79 Å². The zero-order chi connectivity index (χ0) is 13.9. The van der Waals surface area contributed by atoms with Crippen LogP contribution in [-0.4, -0.2) is 15.8 Å². The highest BCUT2D eigenvalue weighted by molar-refractivity contribution is 5.99. The summed E-state index contributed by atoms with van der Waals surface area (Å²) in [6.45, 7) is 1.89. The van der Waals surface area contributed by atoms with E-state index in [0.29, 0.717) is 12.0 Å². The molecule has 2 heterocycles. The monoisotopic (exact) mass is 262 g/mol. The van der Waals surface area contributed by atoms with Gasteiger partial charge in [-0.15, -0.1) is 0 Å². The number of para-hydroxylation sites is 1. The van der Waals surface area contributed by atoms with E-state index in [0.717, 1.165) is 22.2 Å². The first kappa shape index (κ1) is 12.5. The summed E-state index contributed by atoms with van der Waals surface area (Å²) in [6.07, 6.45) is 3.81. The minimum atomic E-state index is 0.104. The van der Waals surface area contributed by atoms with Crippen molar-refractivity contribution in [1.29, 1.82) is 0 Å². The first-order chi connectivity index (χ1) is 9.74. The zero-order valence-electron chi connectivity index (χ0n) is 11.2. The maximum Gasteiger partial charge on any atom is 0.167 e. The van der Waals surface area contributed by atoms with Gasteiger partial charge in [-0.05, 0) is 36.8 Å². The van der Waals surface area contributed by atoms with Crippen molar-refractivity contribution in [1.82, 2.24) is 9.97 Å². The summed E-state index contributed by atoms with van der Waals surface area (Å²) in [7, 11) is 0. The summed E-state index contributed by atoms with van der Waals surface area (Å²) in [4.78, 5) is 20.8. The third-order valence-corrected chi connectivity index (χ3v) is 3.31. The van der Waals surface area contributed by atoms with Crippen molar-refractivity contribution >= 4 is 16.7 Å². The topological polar surface area (TPSA) is 42.9 Å². The molecule has 0 unspecified atom stereocenters. The number of hydrogen-bond donors (Lipinski definition) is 0. The van der Waals surface area contributed by atoms with Gasteiger partial charge in [0.25, 0.3) is 0 Å². The van der Waals surface area contributed by atoms with Gasteiger partial charge in [-0.25, -0.2) is 0 Å². The Morgan fingerprint density at radius 3 is 2.70 bits per heavy atom. The third-order valence-electron chi connectivity index (χ3n) is 3.31. The molecule has 0 atom stereocenters. The summed E-state index contributed by atoms with van der Waals surface area (Å²) in [5, 5.41) is 1.04. The van der Waals surface area contributed by atoms with Crippen LogP contribution in [0.2, 0.25) is 0 Å². The highest BCUT2D eigenvalue weighted by atomic mass is 16.1. The highest BCUT2D eigenvalue weighted by Gasteiger charge is 2.10. The van der Waals surface area contributed by atoms with Crippen LogP contribution in [0.1, 0.15) is 21.6 Å². The molecule has 3 heteroatoms. The van der Waals surface area contributed by atoms with Crippen molar-refractivity contribution in [3.8, 4) is 0 Å². The van der Waals surface area contributed by atoms with Gasteiger partial charge in [-0.3, -0.25) is 14.8 Å². The van der Waals surface area contributed by atoms with Gasteiger partial charge in [0, 0.05) is 35.5 Å². The van der Waals surface area contributed by atoms with Crippen LogP contribution in [0.15, 0.2) is 54.9 Å². The molecular formula is C17H14N2O. The molecule has 0 radical (unpaired) electrons. The van der Waals surface area contributed by atoms with E-state index in [-0.39, 0.29) is 5.78 Å². The average molecular weight is 262 g/mol. The molecule has 3 nitrogen and oxygen atoms in total. The SMILES string of the molecule is Cc1cc(C(=O)Cc2ccnc3ccccc23)ccn1. The molecule has 0 aliphatic rings. The predicted octanol–water partition coefficient (Wildman–Crippen LogP) is 3.36. The lowest BCUT2D eigenvalue weighted by Crippen LogP contribution is -2.05. The van der Waals surface area contributed by atoms with Crippen LogP contribution in [0.25, 0.3) is 10.9 Å². The Balaban J connectivity index is 1.95. The maximum absolute atomic E-state index is 12.4. The molecule has 0 aliphatic heterocycles. The Hall–Kier alpha value is -2.55. The number of carbonyl (C=O) groups excluding carboxylic acids is 1. The van der Waals surface area contributed by atoms with Crippen LogP contribution in [0.3, 0.4) is 0 Å². The molecule has 0 amide bonds. The molecule has 3 aromatic rings. The van der Waals surface area contributed by atoms with Gasteiger partial charge in [0.15, 0.2) is 5.78 Å². The number of aryl methyl sites for hydroxylation is 1. The van der Waals surface area contributed by atoms with Gasteiger partial charge < -0.3 is 0 Å². The second-order valence-electron chi connectivity index (χ2n) is 4.77. The standard InChI is InChI=1S/C17H14N2O/c1-12-10-14(7-8-18-12)17(20)11-13-6-9-19-16-5-3-2-4-15(13)16/h2-10H,11H2,1H3. The smallest absolute Gasteiger partial charge is 0.167 e. The first-order valence-electron chi connectivity index (χ1n) is 6.52. The Morgan fingerprint density at radius 2 is 1.85 bits per heavy atom. The van der Waals surface area contributed by atoms with E-state index in [1.54, 1.807) is 18.5 Å². The second-order valence-corrected chi connectivity index (χ2v) is 4.77. The number of nitrogens with zero attached hydrogens (tertiary/aromatic N) is 2. The summed E-state index contributed by atoms with van der Waals surface area (Å²) >= 11 is 0. The number of carbonyl (C=O) groups is 1. The summed E-state index contributed by atoms with van der Waals surface area (Å²) in [5.74, 6) is 0.104. The van der Waals surface area contributed by atoms with E-state index in [1.807, 2.05) is 43.3 Å². The van der Waals surface area contributed by atoms with Gasteiger partial charge in [0.2, 0.25) is 0 Å². The van der Waals surface area contributed by atoms with Gasteiger partial charge in [-0.2, -0.15) is 0 Å². The van der Waals surface area contributed by atoms with Gasteiger partial charge in [0.1, 0.15) is 0 Å². The van der Waals surface area contributed by atoms with E-state index in [4.69, 9.17) is 0 Å². The summed E-state index contributed by atoms with van der Waals surface area (Å²) < 4.78 is 0. The molecule has 3 rings (SSSR count). The molecule has 98 valence electrons. The van der Waals surface area contributed by atoms with Crippen LogP contribution in [0.5, 0.6) is 0 Å². The Bertz CT molecular complexity index is 775. The summed E-state index contributed by atoms with van der Waals surface area (Å²) in [5.41, 5.74) is 3.49. The second kappa shape index (κ2) is 5.21. The Kier molecular flexibility index (Phi) is 3.25.